The molecule has 0 saturated heterocycles. The van der Waals surface area contributed by atoms with Gasteiger partial charge in [-0.3, -0.25) is 0 Å². The van der Waals surface area contributed by atoms with Gasteiger partial charge in [0.2, 0.25) is 0 Å². The molecule has 44 heavy (non-hydrogen) atoms. The molecule has 0 radical (unpaired) electrons. The zero-order valence-corrected chi connectivity index (χ0v) is 25.8. The summed E-state index contributed by atoms with van der Waals surface area (Å²) in [7, 11) is -3.73. The van der Waals surface area contributed by atoms with Crippen molar-refractivity contribution in [2.24, 2.45) is 0 Å². The summed E-state index contributed by atoms with van der Waals surface area (Å²) in [6, 6.07) is 20.4. The summed E-state index contributed by atoms with van der Waals surface area (Å²) in [4.78, 5) is 1.01. The average molecular weight is 659 g/mol. The molecule has 12 heteroatoms. The molecule has 0 bridgehead atoms. The van der Waals surface area contributed by atoms with Crippen LogP contribution in [0.4, 0.5) is 22.0 Å². The molecule has 1 aliphatic heterocycles. The van der Waals surface area contributed by atoms with E-state index in [0.717, 1.165) is 27.3 Å². The minimum Gasteiger partial charge on any atom is -0.508 e. The predicted molar refractivity (Wildman–Crippen MR) is 161 cm³/mol. The summed E-state index contributed by atoms with van der Waals surface area (Å²) in [5.41, 5.74) is 2.91. The van der Waals surface area contributed by atoms with Crippen molar-refractivity contribution in [1.82, 2.24) is 0 Å². The maximum absolute atomic E-state index is 13.0. The molecule has 240 valence electrons. The number of rotatable bonds is 13. The maximum atomic E-state index is 13.0. The number of phenolic OH excluding ortho intramolecular Hbond substituents is 2. The number of phenols is 2. The van der Waals surface area contributed by atoms with Crippen molar-refractivity contribution < 1.29 is 45.3 Å². The number of benzene rings is 3. The smallest absolute Gasteiger partial charge is 0.453 e. The minimum atomic E-state index is -5.68. The fraction of sp³-hybridized carbons (Fsp3) is 0.438. The Balaban J connectivity index is 1.32. The van der Waals surface area contributed by atoms with Crippen molar-refractivity contribution >= 4 is 21.6 Å². The number of sulfone groups is 1. The fourth-order valence-electron chi connectivity index (χ4n) is 5.49. The number of unbranched alkanes of at least 4 members (excludes halogenated alkanes) is 2. The Morgan fingerprint density at radius 1 is 0.864 bits per heavy atom. The Labute approximate surface area is 258 Å². The van der Waals surface area contributed by atoms with Crippen LogP contribution in [0.25, 0.3) is 0 Å². The molecule has 0 amide bonds. The topological polar surface area (TPSA) is 83.8 Å². The van der Waals surface area contributed by atoms with Crippen molar-refractivity contribution in [3.05, 3.63) is 83.4 Å². The van der Waals surface area contributed by atoms with E-state index in [-0.39, 0.29) is 35.0 Å². The Bertz CT molecular complexity index is 1510. The molecule has 2 unspecified atom stereocenters. The number of hydrogen-bond acceptors (Lipinski definition) is 6. The molecule has 2 N–H and O–H groups in total. The summed E-state index contributed by atoms with van der Waals surface area (Å²) >= 11 is 1.68. The van der Waals surface area contributed by atoms with Crippen LogP contribution in [0, 0.1) is 0 Å². The van der Waals surface area contributed by atoms with Gasteiger partial charge in [0.1, 0.15) is 27.1 Å². The number of halogens is 5. The van der Waals surface area contributed by atoms with Gasteiger partial charge in [0, 0.05) is 28.4 Å². The number of fused-ring (bicyclic) bond motifs is 1. The lowest BCUT2D eigenvalue weighted by molar-refractivity contribution is -0.284. The van der Waals surface area contributed by atoms with Crippen molar-refractivity contribution in [3.8, 4) is 17.2 Å². The second-order valence-corrected chi connectivity index (χ2v) is 14.7. The lowest BCUT2D eigenvalue weighted by Gasteiger charge is -2.43. The first-order chi connectivity index (χ1) is 20.6. The molecular weight excluding hydrogens is 623 g/mol. The number of hydrogen-bond donors (Lipinski definition) is 2. The first-order valence-electron chi connectivity index (χ1n) is 14.2. The monoisotopic (exact) mass is 658 g/mol. The van der Waals surface area contributed by atoms with E-state index in [1.807, 2.05) is 42.5 Å². The van der Waals surface area contributed by atoms with Crippen molar-refractivity contribution in [2.75, 3.05) is 23.9 Å². The van der Waals surface area contributed by atoms with Gasteiger partial charge < -0.3 is 14.9 Å². The van der Waals surface area contributed by atoms with Gasteiger partial charge in [-0.2, -0.15) is 22.0 Å². The molecule has 1 heterocycles. The standard InChI is InChI=1S/C32H35F5O5S2/c1-30(23-8-10-24(38)11-9-23)21-43-28-20-25(39)12-15-27(28)29(30)22-6-13-26(14-7-22)42-17-3-2-4-18-44(40,41)19-5-16-31(33,34)32(35,36)37/h6-15,20,29,38-39H,2-5,16-19,21H2,1H3. The second kappa shape index (κ2) is 13.6. The van der Waals surface area contributed by atoms with Crippen molar-refractivity contribution in [1.29, 1.82) is 0 Å². The molecule has 0 fully saturated rings. The highest BCUT2D eigenvalue weighted by Crippen LogP contribution is 2.53. The van der Waals surface area contributed by atoms with Gasteiger partial charge in [-0.25, -0.2) is 8.42 Å². The Morgan fingerprint density at radius 3 is 2.16 bits per heavy atom. The number of ether oxygens (including phenoxy) is 1. The third kappa shape index (κ3) is 8.18. The molecule has 0 saturated carbocycles. The summed E-state index contributed by atoms with van der Waals surface area (Å²) in [5.74, 6) is -4.14. The van der Waals surface area contributed by atoms with Crippen LogP contribution in [0.2, 0.25) is 0 Å². The average Bonchev–Trinajstić information content (AvgIpc) is 2.95. The van der Waals surface area contributed by atoms with Gasteiger partial charge in [0.05, 0.1) is 18.1 Å². The normalized spacial score (nSPS) is 19.0. The van der Waals surface area contributed by atoms with E-state index in [0.29, 0.717) is 25.2 Å². The van der Waals surface area contributed by atoms with Crippen LogP contribution in [0.15, 0.2) is 71.6 Å². The van der Waals surface area contributed by atoms with Gasteiger partial charge in [-0.15, -0.1) is 11.8 Å². The van der Waals surface area contributed by atoms with Crippen LogP contribution >= 0.6 is 11.8 Å². The van der Waals surface area contributed by atoms with Crippen molar-refractivity contribution in [3.63, 3.8) is 0 Å². The molecule has 0 aromatic heterocycles. The highest BCUT2D eigenvalue weighted by atomic mass is 32.2. The van der Waals surface area contributed by atoms with Crippen LogP contribution < -0.4 is 4.74 Å². The van der Waals surface area contributed by atoms with Crippen LogP contribution in [-0.4, -0.2) is 54.6 Å². The zero-order valence-electron chi connectivity index (χ0n) is 24.1. The number of alkyl halides is 5. The van der Waals surface area contributed by atoms with E-state index in [9.17, 15) is 40.6 Å². The molecule has 5 nitrogen and oxygen atoms in total. The largest absolute Gasteiger partial charge is 0.508 e. The van der Waals surface area contributed by atoms with Gasteiger partial charge in [0.25, 0.3) is 0 Å². The minimum absolute atomic E-state index is 0.0421. The molecule has 1 aliphatic rings. The van der Waals surface area contributed by atoms with Crippen molar-refractivity contribution in [2.45, 2.75) is 67.4 Å². The SMILES string of the molecule is CC1(c2ccc(O)cc2)CSc2cc(O)ccc2C1c1ccc(OCCCCCS(=O)(=O)CCCC(F)(F)C(F)(F)F)cc1. The third-order valence-electron chi connectivity index (χ3n) is 7.94. The van der Waals surface area contributed by atoms with E-state index < -0.39 is 40.5 Å². The molecule has 3 aromatic rings. The lowest BCUT2D eigenvalue weighted by atomic mass is 9.67. The van der Waals surface area contributed by atoms with E-state index >= 15 is 0 Å². The Kier molecular flexibility index (Phi) is 10.4. The summed E-state index contributed by atoms with van der Waals surface area (Å²) in [5, 5.41) is 19.9. The molecule has 2 atom stereocenters. The zero-order chi connectivity index (χ0) is 32.2. The van der Waals surface area contributed by atoms with Crippen LogP contribution in [-0.2, 0) is 15.3 Å². The first-order valence-corrected chi connectivity index (χ1v) is 17.0. The van der Waals surface area contributed by atoms with Crippen LogP contribution in [0.3, 0.4) is 0 Å². The summed E-state index contributed by atoms with van der Waals surface area (Å²) in [6.45, 7) is 2.51. The van der Waals surface area contributed by atoms with E-state index in [2.05, 4.69) is 6.92 Å². The van der Waals surface area contributed by atoms with Gasteiger partial charge in [-0.1, -0.05) is 37.3 Å². The molecule has 0 spiro atoms. The van der Waals surface area contributed by atoms with Gasteiger partial charge in [0.15, 0.2) is 0 Å². The Hall–Kier alpha value is -2.99. The molecular formula is C32H35F5O5S2. The highest BCUT2D eigenvalue weighted by Gasteiger charge is 2.56. The lowest BCUT2D eigenvalue weighted by Crippen LogP contribution is -2.36. The van der Waals surface area contributed by atoms with E-state index in [1.165, 1.54) is 0 Å². The van der Waals surface area contributed by atoms with Crippen LogP contribution in [0.5, 0.6) is 17.2 Å². The van der Waals surface area contributed by atoms with Gasteiger partial charge in [-0.05, 0) is 78.8 Å². The molecule has 4 rings (SSSR count). The second-order valence-electron chi connectivity index (χ2n) is 11.3. The third-order valence-corrected chi connectivity index (χ3v) is 11.2. The fourth-order valence-corrected chi connectivity index (χ4v) is 8.26. The molecule has 0 aliphatic carbocycles. The van der Waals surface area contributed by atoms with Gasteiger partial charge >= 0.3 is 12.1 Å². The van der Waals surface area contributed by atoms with Crippen LogP contribution in [0.1, 0.15) is 61.6 Å². The predicted octanol–water partition coefficient (Wildman–Crippen LogP) is 8.24. The van der Waals surface area contributed by atoms with E-state index in [4.69, 9.17) is 4.74 Å². The first kappa shape index (κ1) is 33.9. The number of aromatic hydroxyl groups is 2. The number of thioether (sulfide) groups is 1. The summed E-state index contributed by atoms with van der Waals surface area (Å²) < 4.78 is 92.7. The Morgan fingerprint density at radius 2 is 1.50 bits per heavy atom. The highest BCUT2D eigenvalue weighted by molar-refractivity contribution is 7.99. The van der Waals surface area contributed by atoms with E-state index in [1.54, 1.807) is 36.0 Å². The quantitative estimate of drug-likeness (QED) is 0.142. The summed E-state index contributed by atoms with van der Waals surface area (Å²) in [6.07, 6.45) is -6.70. The maximum Gasteiger partial charge on any atom is 0.453 e. The molecule has 3 aromatic carbocycles.